The molecule has 2 heterocycles. The zero-order chi connectivity index (χ0) is 15.6. The number of sulfonamides is 1. The molecule has 0 fully saturated rings. The molecule has 0 radical (unpaired) electrons. The van der Waals surface area contributed by atoms with Crippen LogP contribution in [0.3, 0.4) is 0 Å². The molecule has 0 aliphatic heterocycles. The minimum atomic E-state index is -3.98. The van der Waals surface area contributed by atoms with E-state index in [0.717, 1.165) is 6.20 Å². The third-order valence-electron chi connectivity index (χ3n) is 2.85. The number of carbonyl (C=O) groups is 1. The predicted octanol–water partition coefficient (Wildman–Crippen LogP) is 0.937. The number of aromatic nitrogens is 3. The summed E-state index contributed by atoms with van der Waals surface area (Å²) in [6, 6.07) is 3.55. The Bertz CT molecular complexity index is 741. The van der Waals surface area contributed by atoms with E-state index in [0.29, 0.717) is 11.4 Å². The molecule has 8 nitrogen and oxygen atoms in total. The highest BCUT2D eigenvalue weighted by Gasteiger charge is 2.26. The lowest BCUT2D eigenvalue weighted by atomic mass is 10.4. The van der Waals surface area contributed by atoms with Crippen molar-refractivity contribution in [3.05, 3.63) is 35.3 Å². The summed E-state index contributed by atoms with van der Waals surface area (Å²) in [6.07, 6.45) is 1.13. The van der Waals surface area contributed by atoms with Crippen molar-refractivity contribution in [1.29, 1.82) is 0 Å². The quantitative estimate of drug-likeness (QED) is 0.799. The number of aromatic amines is 1. The summed E-state index contributed by atoms with van der Waals surface area (Å²) < 4.78 is 31.0. The van der Waals surface area contributed by atoms with Gasteiger partial charge in [-0.2, -0.15) is 13.5 Å². The zero-order valence-electron chi connectivity index (χ0n) is 11.9. The standard InChI is InChI=1S/C12H16N4O4S/c1-4-20-12(17)10-7-13-14-11(10)21(18,19)15-16-8(2)5-6-9(16)3/h5-7,15H,4H2,1-3H3,(H,13,14). The third kappa shape index (κ3) is 2.92. The Morgan fingerprint density at radius 2 is 2.00 bits per heavy atom. The summed E-state index contributed by atoms with van der Waals surface area (Å²) in [5, 5.41) is 5.61. The van der Waals surface area contributed by atoms with Gasteiger partial charge in [-0.3, -0.25) is 9.77 Å². The van der Waals surface area contributed by atoms with Crippen LogP contribution in [-0.4, -0.2) is 35.9 Å². The first-order valence-electron chi connectivity index (χ1n) is 6.25. The maximum Gasteiger partial charge on any atom is 0.342 e. The number of carbonyl (C=O) groups excluding carboxylic acids is 1. The highest BCUT2D eigenvalue weighted by atomic mass is 32.2. The fourth-order valence-corrected chi connectivity index (χ4v) is 3.03. The van der Waals surface area contributed by atoms with Gasteiger partial charge in [-0.25, -0.2) is 9.63 Å². The van der Waals surface area contributed by atoms with Gasteiger partial charge in [-0.15, -0.1) is 0 Å². The molecule has 0 atom stereocenters. The maximum absolute atomic E-state index is 12.4. The lowest BCUT2D eigenvalue weighted by molar-refractivity contribution is 0.0522. The molecule has 0 unspecified atom stereocenters. The molecule has 0 aliphatic rings. The SMILES string of the molecule is CCOC(=O)c1cn[nH]c1S(=O)(=O)Nn1c(C)ccc1C. The summed E-state index contributed by atoms with van der Waals surface area (Å²) in [7, 11) is -3.98. The molecule has 0 spiro atoms. The lowest BCUT2D eigenvalue weighted by Gasteiger charge is -2.12. The predicted molar refractivity (Wildman–Crippen MR) is 75.0 cm³/mol. The fourth-order valence-electron chi connectivity index (χ4n) is 1.81. The molecule has 0 aromatic carbocycles. The van der Waals surface area contributed by atoms with Crippen molar-refractivity contribution < 1.29 is 17.9 Å². The molecule has 2 aromatic heterocycles. The Balaban J connectivity index is 2.37. The second-order valence-electron chi connectivity index (χ2n) is 4.38. The van der Waals surface area contributed by atoms with E-state index in [-0.39, 0.29) is 17.2 Å². The summed E-state index contributed by atoms with van der Waals surface area (Å²) >= 11 is 0. The minimum absolute atomic E-state index is 0.133. The molecule has 2 rings (SSSR count). The Morgan fingerprint density at radius 1 is 1.38 bits per heavy atom. The molecule has 2 aromatic rings. The molecule has 0 bridgehead atoms. The zero-order valence-corrected chi connectivity index (χ0v) is 12.7. The van der Waals surface area contributed by atoms with Crippen molar-refractivity contribution in [3.63, 3.8) is 0 Å². The Labute approximate surface area is 122 Å². The van der Waals surface area contributed by atoms with Crippen molar-refractivity contribution in [3.8, 4) is 0 Å². The number of nitrogens with zero attached hydrogens (tertiary/aromatic N) is 2. The Hall–Kier alpha value is -2.29. The summed E-state index contributed by atoms with van der Waals surface area (Å²) in [6.45, 7) is 5.30. The average Bonchev–Trinajstić information content (AvgIpc) is 3.02. The van der Waals surface area contributed by atoms with Gasteiger partial charge in [0.25, 0.3) is 10.0 Å². The number of esters is 1. The van der Waals surface area contributed by atoms with Crippen molar-refractivity contribution >= 4 is 16.0 Å². The van der Waals surface area contributed by atoms with E-state index < -0.39 is 16.0 Å². The molecule has 114 valence electrons. The van der Waals surface area contributed by atoms with Crippen LogP contribution in [0.2, 0.25) is 0 Å². The van der Waals surface area contributed by atoms with Gasteiger partial charge in [-0.05, 0) is 32.9 Å². The molecule has 0 amide bonds. The van der Waals surface area contributed by atoms with Crippen LogP contribution in [0.4, 0.5) is 0 Å². The van der Waals surface area contributed by atoms with Crippen LogP contribution in [0, 0.1) is 13.8 Å². The van der Waals surface area contributed by atoms with Crippen molar-refractivity contribution in [2.75, 3.05) is 11.4 Å². The van der Waals surface area contributed by atoms with Gasteiger partial charge in [-0.1, -0.05) is 0 Å². The van der Waals surface area contributed by atoms with Crippen LogP contribution in [0.1, 0.15) is 28.7 Å². The molecular formula is C12H16N4O4S. The molecule has 2 N–H and O–H groups in total. The number of nitrogens with one attached hydrogen (secondary N) is 2. The average molecular weight is 312 g/mol. The van der Waals surface area contributed by atoms with Gasteiger partial charge in [0.1, 0.15) is 5.56 Å². The highest BCUT2D eigenvalue weighted by Crippen LogP contribution is 2.15. The van der Waals surface area contributed by atoms with Gasteiger partial charge in [0.05, 0.1) is 12.8 Å². The van der Waals surface area contributed by atoms with E-state index in [1.807, 2.05) is 0 Å². The van der Waals surface area contributed by atoms with E-state index in [9.17, 15) is 13.2 Å². The van der Waals surface area contributed by atoms with Crippen LogP contribution >= 0.6 is 0 Å². The van der Waals surface area contributed by atoms with E-state index in [1.165, 1.54) is 4.68 Å². The number of rotatable bonds is 5. The van der Waals surface area contributed by atoms with Crippen LogP contribution in [-0.2, 0) is 14.8 Å². The second kappa shape index (κ2) is 5.60. The van der Waals surface area contributed by atoms with Gasteiger partial charge in [0.2, 0.25) is 0 Å². The van der Waals surface area contributed by atoms with E-state index >= 15 is 0 Å². The van der Waals surface area contributed by atoms with Gasteiger partial charge in [0, 0.05) is 11.4 Å². The molecule has 0 aliphatic carbocycles. The first-order valence-corrected chi connectivity index (χ1v) is 7.73. The molecule has 9 heteroatoms. The molecular weight excluding hydrogens is 296 g/mol. The van der Waals surface area contributed by atoms with E-state index in [4.69, 9.17) is 4.74 Å². The summed E-state index contributed by atoms with van der Waals surface area (Å²) in [4.78, 5) is 14.1. The number of aryl methyl sites for hydroxylation is 2. The van der Waals surface area contributed by atoms with E-state index in [2.05, 4.69) is 15.0 Å². The van der Waals surface area contributed by atoms with E-state index in [1.54, 1.807) is 32.9 Å². The Kier molecular flexibility index (Phi) is 4.03. The minimum Gasteiger partial charge on any atom is -0.462 e. The largest absolute Gasteiger partial charge is 0.462 e. The second-order valence-corrected chi connectivity index (χ2v) is 5.98. The molecule has 21 heavy (non-hydrogen) atoms. The van der Waals surface area contributed by atoms with Crippen LogP contribution in [0.15, 0.2) is 23.4 Å². The third-order valence-corrected chi connectivity index (χ3v) is 4.12. The van der Waals surface area contributed by atoms with Crippen LogP contribution in [0.25, 0.3) is 0 Å². The first-order chi connectivity index (χ1) is 9.86. The fraction of sp³-hybridized carbons (Fsp3) is 0.333. The van der Waals surface area contributed by atoms with Crippen molar-refractivity contribution in [2.45, 2.75) is 25.8 Å². The van der Waals surface area contributed by atoms with Gasteiger partial charge < -0.3 is 4.74 Å². The van der Waals surface area contributed by atoms with Crippen LogP contribution in [0.5, 0.6) is 0 Å². The maximum atomic E-state index is 12.4. The molecule has 0 saturated heterocycles. The van der Waals surface area contributed by atoms with Gasteiger partial charge >= 0.3 is 5.97 Å². The van der Waals surface area contributed by atoms with Crippen molar-refractivity contribution in [1.82, 2.24) is 14.9 Å². The number of hydrogen-bond acceptors (Lipinski definition) is 5. The Morgan fingerprint density at radius 3 is 2.57 bits per heavy atom. The lowest BCUT2D eigenvalue weighted by Crippen LogP contribution is -2.26. The number of H-pyrrole nitrogens is 1. The number of hydrogen-bond donors (Lipinski definition) is 2. The van der Waals surface area contributed by atoms with Crippen LogP contribution < -0.4 is 4.83 Å². The number of ether oxygens (including phenoxy) is 1. The molecule has 0 saturated carbocycles. The van der Waals surface area contributed by atoms with Gasteiger partial charge in [0.15, 0.2) is 5.03 Å². The smallest absolute Gasteiger partial charge is 0.342 e. The first kappa shape index (κ1) is 15.1. The summed E-state index contributed by atoms with van der Waals surface area (Å²) in [5.74, 6) is -0.743. The summed E-state index contributed by atoms with van der Waals surface area (Å²) in [5.41, 5.74) is 1.30. The van der Waals surface area contributed by atoms with Crippen molar-refractivity contribution in [2.24, 2.45) is 0 Å². The highest BCUT2D eigenvalue weighted by molar-refractivity contribution is 7.92. The monoisotopic (exact) mass is 312 g/mol. The topological polar surface area (TPSA) is 106 Å². The normalized spacial score (nSPS) is 11.4.